The average molecular weight is 408 g/mol. The van der Waals surface area contributed by atoms with Gasteiger partial charge in [0.05, 0.1) is 26.4 Å². The first-order valence-corrected chi connectivity index (χ1v) is 10.9. The minimum absolute atomic E-state index is 0.749. The molecule has 0 amide bonds. The van der Waals surface area contributed by atoms with Crippen molar-refractivity contribution in [2.45, 2.75) is 6.42 Å². The van der Waals surface area contributed by atoms with Gasteiger partial charge in [0.15, 0.2) is 0 Å². The van der Waals surface area contributed by atoms with Crippen molar-refractivity contribution >= 4 is 23.2 Å². The van der Waals surface area contributed by atoms with Crippen molar-refractivity contribution in [2.24, 2.45) is 0 Å². The van der Waals surface area contributed by atoms with Crippen LogP contribution in [0, 0.1) is 0 Å². The Hall–Kier alpha value is -2.64. The maximum absolute atomic E-state index is 5.54. The normalized spacial score (nSPS) is 20.3. The highest BCUT2D eigenvalue weighted by Crippen LogP contribution is 2.28. The van der Waals surface area contributed by atoms with Crippen LogP contribution in [0.5, 0.6) is 0 Å². The lowest BCUT2D eigenvalue weighted by molar-refractivity contribution is 0.122. The van der Waals surface area contributed by atoms with Crippen molar-refractivity contribution in [3.63, 3.8) is 0 Å². The molecule has 0 bridgehead atoms. The Morgan fingerprint density at radius 2 is 1.30 bits per heavy atom. The molecule has 0 saturated carbocycles. The first-order chi connectivity index (χ1) is 14.9. The number of hydrogen-bond donors (Lipinski definition) is 0. The molecule has 2 fully saturated rings. The number of morpholine rings is 2. The molecule has 3 aliphatic heterocycles. The minimum atomic E-state index is 0.749. The molecule has 4 heterocycles. The Balaban J connectivity index is 1.41. The lowest BCUT2D eigenvalue weighted by Crippen LogP contribution is -2.39. The third-order valence-electron chi connectivity index (χ3n) is 5.99. The number of hydrogen-bond acceptors (Lipinski definition) is 7. The molecular weight excluding hydrogens is 378 g/mol. The summed E-state index contributed by atoms with van der Waals surface area (Å²) < 4.78 is 11.1. The molecular formula is C23H29N5O2. The number of benzene rings is 1. The molecule has 0 unspecified atom stereocenters. The molecule has 3 aliphatic rings. The van der Waals surface area contributed by atoms with Gasteiger partial charge in [-0.15, -0.1) is 0 Å². The average Bonchev–Trinajstić information content (AvgIpc) is 2.85. The van der Waals surface area contributed by atoms with E-state index in [0.717, 1.165) is 89.7 Å². The van der Waals surface area contributed by atoms with Gasteiger partial charge in [0.1, 0.15) is 11.6 Å². The van der Waals surface area contributed by atoms with Gasteiger partial charge >= 0.3 is 0 Å². The summed E-state index contributed by atoms with van der Waals surface area (Å²) in [6, 6.07) is 12.8. The van der Waals surface area contributed by atoms with Gasteiger partial charge in [0.25, 0.3) is 0 Å². The lowest BCUT2D eigenvalue weighted by atomic mass is 10.00. The van der Waals surface area contributed by atoms with Gasteiger partial charge in [-0.3, -0.25) is 0 Å². The molecule has 0 atom stereocenters. The molecule has 5 rings (SSSR count). The zero-order chi connectivity index (χ0) is 20.2. The summed E-state index contributed by atoms with van der Waals surface area (Å²) >= 11 is 0. The molecule has 158 valence electrons. The topological polar surface area (TPSA) is 54.0 Å². The quantitative estimate of drug-likeness (QED) is 0.772. The van der Waals surface area contributed by atoms with Gasteiger partial charge < -0.3 is 24.2 Å². The van der Waals surface area contributed by atoms with Gasteiger partial charge in [-0.1, -0.05) is 36.4 Å². The SMILES string of the molecule is C1=C(c2ccccc2)CCN(c2nc(N3CCOCC3)cc(N3CCOCC3)n2)C1. The Labute approximate surface area is 177 Å². The van der Waals surface area contributed by atoms with E-state index in [4.69, 9.17) is 19.4 Å². The van der Waals surface area contributed by atoms with Gasteiger partial charge in [-0.25, -0.2) is 0 Å². The Bertz CT molecular complexity index is 840. The van der Waals surface area contributed by atoms with Crippen molar-refractivity contribution < 1.29 is 9.47 Å². The second-order valence-corrected chi connectivity index (χ2v) is 7.87. The van der Waals surface area contributed by atoms with E-state index in [2.05, 4.69) is 57.2 Å². The fraction of sp³-hybridized carbons (Fsp3) is 0.478. The molecule has 0 radical (unpaired) electrons. The summed E-state index contributed by atoms with van der Waals surface area (Å²) in [6.07, 6.45) is 3.32. The molecule has 2 aromatic rings. The van der Waals surface area contributed by atoms with Crippen molar-refractivity contribution in [3.05, 3.63) is 48.0 Å². The third-order valence-corrected chi connectivity index (χ3v) is 5.99. The molecule has 0 N–H and O–H groups in total. The predicted molar refractivity (Wildman–Crippen MR) is 119 cm³/mol. The fourth-order valence-corrected chi connectivity index (χ4v) is 4.23. The standard InChI is InChI=1S/C23H29N5O2/c1-2-4-19(5-3-1)20-6-8-28(9-7-20)23-24-21(26-10-14-29-15-11-26)18-22(25-23)27-12-16-30-17-13-27/h1-6,18H,7-17H2. The summed E-state index contributed by atoms with van der Waals surface area (Å²) in [6.45, 7) is 8.24. The second kappa shape index (κ2) is 9.02. The van der Waals surface area contributed by atoms with Crippen molar-refractivity contribution in [1.82, 2.24) is 9.97 Å². The predicted octanol–water partition coefficient (Wildman–Crippen LogP) is 2.44. The van der Waals surface area contributed by atoms with Crippen LogP contribution in [-0.2, 0) is 9.47 Å². The van der Waals surface area contributed by atoms with Crippen molar-refractivity contribution in [3.8, 4) is 0 Å². The lowest BCUT2D eigenvalue weighted by Gasteiger charge is -2.33. The highest BCUT2D eigenvalue weighted by atomic mass is 16.5. The van der Waals surface area contributed by atoms with Gasteiger partial charge in [0, 0.05) is 45.3 Å². The molecule has 1 aromatic heterocycles. The third kappa shape index (κ3) is 4.27. The highest BCUT2D eigenvalue weighted by Gasteiger charge is 2.22. The molecule has 2 saturated heterocycles. The van der Waals surface area contributed by atoms with Crippen LogP contribution in [0.1, 0.15) is 12.0 Å². The highest BCUT2D eigenvalue weighted by molar-refractivity contribution is 5.68. The fourth-order valence-electron chi connectivity index (χ4n) is 4.23. The number of aromatic nitrogens is 2. The van der Waals surface area contributed by atoms with Crippen LogP contribution in [-0.4, -0.2) is 75.7 Å². The number of nitrogens with zero attached hydrogens (tertiary/aromatic N) is 5. The van der Waals surface area contributed by atoms with E-state index in [9.17, 15) is 0 Å². The van der Waals surface area contributed by atoms with Crippen LogP contribution in [0.3, 0.4) is 0 Å². The molecule has 0 spiro atoms. The van der Waals surface area contributed by atoms with E-state index >= 15 is 0 Å². The zero-order valence-corrected chi connectivity index (χ0v) is 17.4. The van der Waals surface area contributed by atoms with Crippen LogP contribution < -0.4 is 14.7 Å². The maximum Gasteiger partial charge on any atom is 0.229 e. The van der Waals surface area contributed by atoms with E-state index < -0.39 is 0 Å². The van der Waals surface area contributed by atoms with Gasteiger partial charge in [-0.2, -0.15) is 9.97 Å². The smallest absolute Gasteiger partial charge is 0.229 e. The number of rotatable bonds is 4. The number of ether oxygens (including phenoxy) is 2. The summed E-state index contributed by atoms with van der Waals surface area (Å²) in [5.41, 5.74) is 2.72. The zero-order valence-electron chi connectivity index (χ0n) is 17.4. The van der Waals surface area contributed by atoms with E-state index in [1.165, 1.54) is 11.1 Å². The second-order valence-electron chi connectivity index (χ2n) is 7.87. The van der Waals surface area contributed by atoms with Crippen molar-refractivity contribution in [1.29, 1.82) is 0 Å². The summed E-state index contributed by atoms with van der Waals surface area (Å²) in [7, 11) is 0. The van der Waals surface area contributed by atoms with Crippen LogP contribution in [0.2, 0.25) is 0 Å². The summed E-state index contributed by atoms with van der Waals surface area (Å²) in [5.74, 6) is 2.83. The van der Waals surface area contributed by atoms with Crippen LogP contribution >= 0.6 is 0 Å². The Morgan fingerprint density at radius 3 is 1.83 bits per heavy atom. The molecule has 0 aliphatic carbocycles. The first kappa shape index (κ1) is 19.3. The van der Waals surface area contributed by atoms with Gasteiger partial charge in [-0.05, 0) is 17.6 Å². The molecule has 30 heavy (non-hydrogen) atoms. The molecule has 1 aromatic carbocycles. The van der Waals surface area contributed by atoms with Crippen LogP contribution in [0.15, 0.2) is 42.5 Å². The summed E-state index contributed by atoms with van der Waals surface area (Å²) in [4.78, 5) is 16.9. The van der Waals surface area contributed by atoms with E-state index in [-0.39, 0.29) is 0 Å². The van der Waals surface area contributed by atoms with Crippen LogP contribution in [0.25, 0.3) is 5.57 Å². The maximum atomic E-state index is 5.54. The summed E-state index contributed by atoms with van der Waals surface area (Å²) in [5, 5.41) is 0. The first-order valence-electron chi connectivity index (χ1n) is 10.9. The number of anilines is 3. The van der Waals surface area contributed by atoms with Crippen molar-refractivity contribution in [2.75, 3.05) is 80.4 Å². The van der Waals surface area contributed by atoms with Crippen LogP contribution in [0.4, 0.5) is 17.6 Å². The minimum Gasteiger partial charge on any atom is -0.378 e. The van der Waals surface area contributed by atoms with E-state index in [1.807, 2.05) is 0 Å². The monoisotopic (exact) mass is 407 g/mol. The molecule has 7 nitrogen and oxygen atoms in total. The Kier molecular flexibility index (Phi) is 5.81. The van der Waals surface area contributed by atoms with E-state index in [0.29, 0.717) is 0 Å². The van der Waals surface area contributed by atoms with E-state index in [1.54, 1.807) is 0 Å². The molecule has 7 heteroatoms. The van der Waals surface area contributed by atoms with Gasteiger partial charge in [0.2, 0.25) is 5.95 Å². The largest absolute Gasteiger partial charge is 0.378 e. The Morgan fingerprint density at radius 1 is 0.700 bits per heavy atom.